The Balaban J connectivity index is 0.000000755. The van der Waals surface area contributed by atoms with E-state index in [-0.39, 0.29) is 14.9 Å². The molecule has 256 valence electrons. The van der Waals surface area contributed by atoms with Crippen molar-refractivity contribution < 1.29 is 9.13 Å². The van der Waals surface area contributed by atoms with Crippen LogP contribution in [0, 0.1) is 23.4 Å². The molecule has 0 saturated heterocycles. The summed E-state index contributed by atoms with van der Waals surface area (Å²) in [4.78, 5) is 3.35. The fraction of sp³-hybridized carbons (Fsp3) is 0.333. The molecule has 2 aromatic carbocycles. The molecule has 0 bridgehead atoms. The Morgan fingerprint density at radius 3 is 1.43 bits per heavy atom. The lowest BCUT2D eigenvalue weighted by molar-refractivity contribution is 0.587. The largest absolute Gasteiger partial charge is 0.398 e. The Morgan fingerprint density at radius 1 is 0.681 bits per heavy atom. The topological polar surface area (TPSA) is 86.2 Å². The maximum atomic E-state index is 12.3. The van der Waals surface area contributed by atoms with Gasteiger partial charge in [-0.25, -0.2) is 0 Å². The fourth-order valence-electron chi connectivity index (χ4n) is 3.61. The molecule has 0 aliphatic heterocycles. The zero-order valence-electron chi connectivity index (χ0n) is 27.9. The van der Waals surface area contributed by atoms with E-state index >= 15 is 0 Å². The predicted octanol–water partition coefficient (Wildman–Crippen LogP) is 11.3. The molecule has 4 rings (SSSR count). The maximum absolute atomic E-state index is 12.3. The van der Waals surface area contributed by atoms with Crippen LogP contribution in [0.2, 0.25) is 39.3 Å². The van der Waals surface area contributed by atoms with E-state index in [1.807, 2.05) is 48.5 Å². The number of nitrogens with two attached hydrogens (primary N) is 2. The zero-order valence-corrected chi connectivity index (χ0v) is 34.9. The van der Waals surface area contributed by atoms with Crippen LogP contribution < -0.4 is 22.1 Å². The first-order valence-electron chi connectivity index (χ1n) is 14.3. The van der Waals surface area contributed by atoms with Crippen LogP contribution in [0.5, 0.6) is 0 Å². The van der Waals surface area contributed by atoms with Crippen molar-refractivity contribution in [3.63, 3.8) is 0 Å². The van der Waals surface area contributed by atoms with E-state index in [9.17, 15) is 9.13 Å². The van der Waals surface area contributed by atoms with Gasteiger partial charge in [0.1, 0.15) is 30.4 Å². The molecule has 2 aromatic heterocycles. The normalized spacial score (nSPS) is 11.1. The first-order valence-corrected chi connectivity index (χ1v) is 28.9. The highest BCUT2D eigenvalue weighted by atomic mass is 79.9. The van der Waals surface area contributed by atoms with Gasteiger partial charge in [-0.3, -0.25) is 0 Å². The van der Waals surface area contributed by atoms with E-state index in [4.69, 9.17) is 17.9 Å². The lowest BCUT2D eigenvalue weighted by Gasteiger charge is -2.11. The van der Waals surface area contributed by atoms with Crippen molar-refractivity contribution in [3.05, 3.63) is 69.3 Å². The molecule has 0 amide bonds. The average Bonchev–Trinajstić information content (AvgIpc) is 3.56. The molecule has 0 atom stereocenters. The van der Waals surface area contributed by atoms with Crippen LogP contribution >= 0.6 is 52.9 Å². The molecule has 4 N–H and O–H groups in total. The van der Waals surface area contributed by atoms with Crippen LogP contribution in [0.25, 0.3) is 20.9 Å². The smallest absolute Gasteiger partial charge is 0.129 e. The predicted molar refractivity (Wildman–Crippen MR) is 230 cm³/mol. The molecule has 0 aliphatic carbocycles. The molecule has 47 heavy (non-hydrogen) atoms. The second-order valence-corrected chi connectivity index (χ2v) is 32.9. The Bertz CT molecular complexity index is 1840. The van der Waals surface area contributed by atoms with Crippen molar-refractivity contribution in [3.8, 4) is 44.3 Å². The van der Waals surface area contributed by atoms with Crippen LogP contribution in [-0.4, -0.2) is 42.8 Å². The summed E-state index contributed by atoms with van der Waals surface area (Å²) in [5.74, 6) is 3.28. The molecule has 11 heteroatoms. The van der Waals surface area contributed by atoms with Crippen LogP contribution in [0.4, 0.5) is 11.4 Å². The van der Waals surface area contributed by atoms with Crippen molar-refractivity contribution >= 4 is 91.0 Å². The van der Waals surface area contributed by atoms with Crippen LogP contribution in [0.3, 0.4) is 0 Å². The van der Waals surface area contributed by atoms with Crippen molar-refractivity contribution in [1.82, 2.24) is 0 Å². The molecule has 0 saturated carbocycles. The molecule has 4 aromatic rings. The van der Waals surface area contributed by atoms with Gasteiger partial charge in [0.25, 0.3) is 0 Å². The molecular weight excluding hydrogens is 755 g/mol. The number of terminal acetylenes is 1. The lowest BCUT2D eigenvalue weighted by atomic mass is 10.2. The highest BCUT2D eigenvalue weighted by Gasteiger charge is 2.17. The summed E-state index contributed by atoms with van der Waals surface area (Å²) in [6.07, 6.45) is 5.12. The minimum absolute atomic E-state index is 0. The van der Waals surface area contributed by atoms with E-state index in [0.717, 1.165) is 40.2 Å². The van der Waals surface area contributed by atoms with Crippen molar-refractivity contribution in [2.24, 2.45) is 0 Å². The van der Waals surface area contributed by atoms with Gasteiger partial charge in [0, 0.05) is 31.7 Å². The van der Waals surface area contributed by atoms with E-state index < -0.39 is 30.4 Å². The van der Waals surface area contributed by atoms with Gasteiger partial charge in [0.15, 0.2) is 0 Å². The number of hydrogen-bond acceptors (Lipinski definition) is 6. The quantitative estimate of drug-likeness (QED) is 0.0931. The number of anilines is 2. The van der Waals surface area contributed by atoms with E-state index in [1.165, 1.54) is 0 Å². The van der Waals surface area contributed by atoms with E-state index in [1.54, 1.807) is 49.3 Å². The average molecular weight is 808 g/mol. The third-order valence-electron chi connectivity index (χ3n) is 5.96. The monoisotopic (exact) mass is 806 g/mol. The van der Waals surface area contributed by atoms with Gasteiger partial charge in [0.2, 0.25) is 0 Å². The number of benzene rings is 2. The summed E-state index contributed by atoms with van der Waals surface area (Å²) < 4.78 is 25.6. The van der Waals surface area contributed by atoms with Crippen LogP contribution in [0.15, 0.2) is 64.5 Å². The zero-order chi connectivity index (χ0) is 34.4. The van der Waals surface area contributed by atoms with E-state index in [2.05, 4.69) is 84.4 Å². The van der Waals surface area contributed by atoms with Gasteiger partial charge >= 0.3 is 0 Å². The second-order valence-electron chi connectivity index (χ2n) is 13.4. The summed E-state index contributed by atoms with van der Waals surface area (Å²) in [6, 6.07) is 19.7. The van der Waals surface area contributed by atoms with Crippen molar-refractivity contribution in [2.75, 3.05) is 38.1 Å². The minimum atomic E-state index is -2.37. The number of thiophene rings is 2. The summed E-state index contributed by atoms with van der Waals surface area (Å²) in [6.45, 7) is 20.1. The van der Waals surface area contributed by atoms with Crippen LogP contribution in [0.1, 0.15) is 19.7 Å². The Kier molecular flexibility index (Phi) is 17.3. The molecule has 0 fully saturated rings. The second kappa shape index (κ2) is 18.1. The third-order valence-corrected chi connectivity index (χ3v) is 13.5. The van der Waals surface area contributed by atoms with Gasteiger partial charge in [-0.2, -0.15) is 0 Å². The fourth-order valence-corrected chi connectivity index (χ4v) is 8.74. The van der Waals surface area contributed by atoms with Gasteiger partial charge in [-0.15, -0.1) is 40.2 Å². The first kappa shape index (κ1) is 44.9. The van der Waals surface area contributed by atoms with Gasteiger partial charge < -0.3 is 20.6 Å². The summed E-state index contributed by atoms with van der Waals surface area (Å²) in [7, 11) is -7.16. The van der Waals surface area contributed by atoms with Crippen molar-refractivity contribution in [1.29, 1.82) is 0 Å². The molecule has 0 spiro atoms. The van der Waals surface area contributed by atoms with Crippen LogP contribution in [-0.2, 0) is 9.13 Å². The Labute approximate surface area is 304 Å². The number of halogens is 1. The number of hydrogen-bond donors (Lipinski definition) is 2. The lowest BCUT2D eigenvalue weighted by Crippen LogP contribution is -2.16. The maximum Gasteiger partial charge on any atom is 0.129 e. The van der Waals surface area contributed by atoms with Gasteiger partial charge in [-0.1, -0.05) is 72.2 Å². The standard InChI is InChI=1S/C17H22NOPSSi.C12H13BrNOPS.C5H10Si.2CH4/c1-20(2,19)16-12-13(6-8-15(16)18)17-9-7-14(21-17)10-11-22(3,4)5;1-16(2,15)10-7-8(3-4-9(10)14)11-5-6-12(13)17-11;1-5-6(2,3)4;;/h6-9,12H,18H2,1-5H3;3-7H,14H2,1-2H3;1H,2-4H3;2*1H4. The van der Waals surface area contributed by atoms with Gasteiger partial charge in [0.05, 0.1) is 8.66 Å². The molecule has 4 nitrogen and oxygen atoms in total. The summed E-state index contributed by atoms with van der Waals surface area (Å²) >= 11 is 6.76. The summed E-state index contributed by atoms with van der Waals surface area (Å²) in [5.41, 5.74) is 21.3. The number of nitrogen functional groups attached to an aromatic ring is 2. The highest BCUT2D eigenvalue weighted by molar-refractivity contribution is 9.11. The SMILES string of the molecule is C.C.C#C[Si](C)(C)C.CP(C)(=O)c1cc(-c2ccc(Br)s2)ccc1N.C[Si](C)(C)C#Cc1ccc(-c2ccc(N)c(P(C)(C)=O)c2)s1. The molecular formula is C36H53BrN2O2P2S2Si2. The van der Waals surface area contributed by atoms with Gasteiger partial charge in [-0.05, 0) is 102 Å². The summed E-state index contributed by atoms with van der Waals surface area (Å²) in [5, 5.41) is 1.52. The third kappa shape index (κ3) is 15.4. The van der Waals surface area contributed by atoms with E-state index in [0.29, 0.717) is 11.4 Å². The Hall–Kier alpha value is -2.07. The minimum Gasteiger partial charge on any atom is -0.398 e. The highest BCUT2D eigenvalue weighted by Crippen LogP contribution is 2.40. The van der Waals surface area contributed by atoms with Crippen molar-refractivity contribution in [2.45, 2.75) is 54.1 Å². The molecule has 0 radical (unpaired) electrons. The molecule has 0 aliphatic rings. The molecule has 2 heterocycles. The molecule has 0 unspecified atom stereocenters. The Morgan fingerprint density at radius 2 is 1.09 bits per heavy atom. The first-order chi connectivity index (χ1) is 20.5. The number of rotatable bonds is 4.